The van der Waals surface area contributed by atoms with E-state index >= 15 is 0 Å². The van der Waals surface area contributed by atoms with Gasteiger partial charge in [-0.15, -0.1) is 0 Å². The van der Waals surface area contributed by atoms with Gasteiger partial charge in [0.15, 0.2) is 0 Å². The summed E-state index contributed by atoms with van der Waals surface area (Å²) < 4.78 is 13.3. The number of hydrogen-bond acceptors (Lipinski definition) is 2. The summed E-state index contributed by atoms with van der Waals surface area (Å²) in [6.45, 7) is 3.70. The van der Waals surface area contributed by atoms with Crippen molar-refractivity contribution >= 4 is 5.69 Å². The molecular weight excluding hydrogens is 227 g/mol. The molecule has 1 heterocycles. The van der Waals surface area contributed by atoms with Crippen molar-refractivity contribution in [1.82, 2.24) is 0 Å². The molecule has 0 saturated carbocycles. The van der Waals surface area contributed by atoms with Crippen LogP contribution >= 0.6 is 0 Å². The summed E-state index contributed by atoms with van der Waals surface area (Å²) in [5.41, 5.74) is 7.82. The Bertz CT molecular complexity index is 390. The molecule has 0 radical (unpaired) electrons. The number of rotatable bonds is 4. The van der Waals surface area contributed by atoms with Gasteiger partial charge in [-0.3, -0.25) is 0 Å². The van der Waals surface area contributed by atoms with Gasteiger partial charge in [-0.05, 0) is 49.4 Å². The van der Waals surface area contributed by atoms with Crippen molar-refractivity contribution in [2.24, 2.45) is 5.73 Å². The zero-order valence-electron chi connectivity index (χ0n) is 11.2. The third-order valence-corrected chi connectivity index (χ3v) is 3.82. The van der Waals surface area contributed by atoms with E-state index in [2.05, 4.69) is 11.8 Å². The first-order chi connectivity index (χ1) is 8.76. The first-order valence-electron chi connectivity index (χ1n) is 7.01. The minimum atomic E-state index is -0.191. The zero-order valence-corrected chi connectivity index (χ0v) is 11.2. The Kier molecular flexibility index (Phi) is 4.59. The summed E-state index contributed by atoms with van der Waals surface area (Å²) in [6.07, 6.45) is 6.18. The number of nitrogens with zero attached hydrogens (tertiary/aromatic N) is 1. The number of hydrogen-bond donors (Lipinski definition) is 1. The Morgan fingerprint density at radius 2 is 2.22 bits per heavy atom. The van der Waals surface area contributed by atoms with Crippen LogP contribution < -0.4 is 10.6 Å². The molecule has 1 fully saturated rings. The molecule has 18 heavy (non-hydrogen) atoms. The molecule has 1 unspecified atom stereocenters. The van der Waals surface area contributed by atoms with Gasteiger partial charge >= 0.3 is 0 Å². The number of nitrogens with two attached hydrogens (primary N) is 1. The van der Waals surface area contributed by atoms with E-state index in [4.69, 9.17) is 5.73 Å². The van der Waals surface area contributed by atoms with Crippen LogP contribution in [-0.2, 0) is 6.54 Å². The van der Waals surface area contributed by atoms with Crippen molar-refractivity contribution in [3.8, 4) is 0 Å². The Morgan fingerprint density at radius 3 is 2.94 bits per heavy atom. The van der Waals surface area contributed by atoms with Crippen LogP contribution in [0.1, 0.15) is 44.6 Å². The molecule has 0 bridgehead atoms. The maximum atomic E-state index is 13.3. The van der Waals surface area contributed by atoms with E-state index in [1.165, 1.54) is 32.1 Å². The van der Waals surface area contributed by atoms with Gasteiger partial charge in [0.05, 0.1) is 0 Å². The van der Waals surface area contributed by atoms with Gasteiger partial charge in [-0.2, -0.15) is 0 Å². The average molecular weight is 250 g/mol. The van der Waals surface area contributed by atoms with E-state index in [0.717, 1.165) is 17.8 Å². The summed E-state index contributed by atoms with van der Waals surface area (Å²) >= 11 is 0. The van der Waals surface area contributed by atoms with Crippen LogP contribution in [0.3, 0.4) is 0 Å². The second-order valence-electron chi connectivity index (χ2n) is 5.11. The van der Waals surface area contributed by atoms with Gasteiger partial charge in [0.1, 0.15) is 5.82 Å². The van der Waals surface area contributed by atoms with Gasteiger partial charge in [0, 0.05) is 24.8 Å². The minimum absolute atomic E-state index is 0.191. The lowest BCUT2D eigenvalue weighted by Gasteiger charge is -2.38. The minimum Gasteiger partial charge on any atom is -0.368 e. The summed E-state index contributed by atoms with van der Waals surface area (Å²) in [7, 11) is 0. The largest absolute Gasteiger partial charge is 0.368 e. The summed E-state index contributed by atoms with van der Waals surface area (Å²) in [6, 6.07) is 5.62. The number of benzene rings is 1. The molecule has 0 amide bonds. The maximum Gasteiger partial charge on any atom is 0.123 e. The van der Waals surface area contributed by atoms with E-state index in [9.17, 15) is 4.39 Å². The van der Waals surface area contributed by atoms with Crippen molar-refractivity contribution in [2.75, 3.05) is 11.4 Å². The van der Waals surface area contributed by atoms with Crippen molar-refractivity contribution in [3.05, 3.63) is 29.6 Å². The van der Waals surface area contributed by atoms with E-state index in [-0.39, 0.29) is 5.82 Å². The van der Waals surface area contributed by atoms with Gasteiger partial charge in [0.2, 0.25) is 0 Å². The van der Waals surface area contributed by atoms with E-state index in [1.807, 2.05) is 6.07 Å². The third kappa shape index (κ3) is 2.83. The number of anilines is 1. The Labute approximate surface area is 109 Å². The van der Waals surface area contributed by atoms with E-state index in [0.29, 0.717) is 12.6 Å². The average Bonchev–Trinajstić information content (AvgIpc) is 2.40. The molecule has 100 valence electrons. The molecule has 1 aromatic rings. The fourth-order valence-electron chi connectivity index (χ4n) is 2.95. The molecule has 0 spiro atoms. The van der Waals surface area contributed by atoms with Crippen molar-refractivity contribution < 1.29 is 4.39 Å². The van der Waals surface area contributed by atoms with Crippen LogP contribution in [0.5, 0.6) is 0 Å². The highest BCUT2D eigenvalue weighted by atomic mass is 19.1. The fourth-order valence-corrected chi connectivity index (χ4v) is 2.95. The van der Waals surface area contributed by atoms with Crippen molar-refractivity contribution in [3.63, 3.8) is 0 Å². The van der Waals surface area contributed by atoms with Crippen LogP contribution in [0, 0.1) is 5.82 Å². The lowest BCUT2D eigenvalue weighted by atomic mass is 9.96. The molecule has 1 atom stereocenters. The first-order valence-corrected chi connectivity index (χ1v) is 7.01. The Balaban J connectivity index is 2.27. The van der Waals surface area contributed by atoms with Gasteiger partial charge in [-0.1, -0.05) is 13.3 Å². The maximum absolute atomic E-state index is 13.3. The summed E-state index contributed by atoms with van der Waals surface area (Å²) in [4.78, 5) is 2.44. The molecule has 2 rings (SSSR count). The molecule has 1 aliphatic rings. The molecule has 0 aromatic heterocycles. The molecule has 2 nitrogen and oxygen atoms in total. The Hall–Kier alpha value is -1.09. The zero-order chi connectivity index (χ0) is 13.0. The van der Waals surface area contributed by atoms with Gasteiger partial charge in [0.25, 0.3) is 0 Å². The molecule has 0 aliphatic carbocycles. The predicted octanol–water partition coefficient (Wildman–Crippen LogP) is 3.44. The highest BCUT2D eigenvalue weighted by Gasteiger charge is 2.23. The highest BCUT2D eigenvalue weighted by molar-refractivity contribution is 5.55. The molecule has 1 saturated heterocycles. The highest BCUT2D eigenvalue weighted by Crippen LogP contribution is 2.30. The summed E-state index contributed by atoms with van der Waals surface area (Å²) in [5.74, 6) is -0.191. The second-order valence-corrected chi connectivity index (χ2v) is 5.11. The SMILES string of the molecule is CCCC1CCCCN1c1ccc(F)cc1CN. The third-order valence-electron chi connectivity index (χ3n) is 3.82. The van der Waals surface area contributed by atoms with E-state index in [1.54, 1.807) is 12.1 Å². The monoisotopic (exact) mass is 250 g/mol. The van der Waals surface area contributed by atoms with Crippen LogP contribution in [0.4, 0.5) is 10.1 Å². The Morgan fingerprint density at radius 1 is 1.39 bits per heavy atom. The van der Waals surface area contributed by atoms with Gasteiger partial charge in [-0.25, -0.2) is 4.39 Å². The van der Waals surface area contributed by atoms with E-state index < -0.39 is 0 Å². The fraction of sp³-hybridized carbons (Fsp3) is 0.600. The van der Waals surface area contributed by atoms with Crippen LogP contribution in [0.25, 0.3) is 0 Å². The summed E-state index contributed by atoms with van der Waals surface area (Å²) in [5, 5.41) is 0. The number of halogens is 1. The quantitative estimate of drug-likeness (QED) is 0.887. The van der Waals surface area contributed by atoms with Crippen molar-refractivity contribution in [2.45, 2.75) is 51.6 Å². The normalized spacial score (nSPS) is 20.2. The van der Waals surface area contributed by atoms with Gasteiger partial charge < -0.3 is 10.6 Å². The molecule has 1 aromatic carbocycles. The second kappa shape index (κ2) is 6.19. The van der Waals surface area contributed by atoms with Crippen molar-refractivity contribution in [1.29, 1.82) is 0 Å². The number of piperidine rings is 1. The smallest absolute Gasteiger partial charge is 0.123 e. The van der Waals surface area contributed by atoms with Crippen LogP contribution in [-0.4, -0.2) is 12.6 Å². The molecule has 2 N–H and O–H groups in total. The lowest BCUT2D eigenvalue weighted by molar-refractivity contribution is 0.433. The molecule has 1 aliphatic heterocycles. The molecular formula is C15H23FN2. The first kappa shape index (κ1) is 13.3. The topological polar surface area (TPSA) is 29.3 Å². The standard InChI is InChI=1S/C15H23FN2/c1-2-5-14-6-3-4-9-18(14)15-8-7-13(16)10-12(15)11-17/h7-8,10,14H,2-6,9,11,17H2,1H3. The van der Waals surface area contributed by atoms with Crippen LogP contribution in [0.15, 0.2) is 18.2 Å². The lowest BCUT2D eigenvalue weighted by Crippen LogP contribution is -2.40. The molecule has 3 heteroatoms. The van der Waals surface area contributed by atoms with Crippen LogP contribution in [0.2, 0.25) is 0 Å². The predicted molar refractivity (Wildman–Crippen MR) is 74.2 cm³/mol.